The molecule has 0 aromatic heterocycles. The summed E-state index contributed by atoms with van der Waals surface area (Å²) in [5.74, 6) is 0. The normalized spacial score (nSPS) is 10.9. The topological polar surface area (TPSA) is 24.5 Å². The van der Waals surface area contributed by atoms with Crippen molar-refractivity contribution >= 4 is 0 Å². The van der Waals surface area contributed by atoms with Gasteiger partial charge in [0.05, 0.1) is 13.2 Å². The number of likely N-dealkylation sites (N-methyl/N-ethyl adjacent to an activating group) is 1. The molecule has 0 heterocycles. The summed E-state index contributed by atoms with van der Waals surface area (Å²) in [5, 5.41) is 3.31. The van der Waals surface area contributed by atoms with Gasteiger partial charge < -0.3 is 15.0 Å². The molecular formula is C11H24N2O. The van der Waals surface area contributed by atoms with E-state index in [2.05, 4.69) is 37.8 Å². The summed E-state index contributed by atoms with van der Waals surface area (Å²) in [6.07, 6.45) is 1.05. The smallest absolute Gasteiger partial charge is 0.0593 e. The van der Waals surface area contributed by atoms with Gasteiger partial charge in [-0.2, -0.15) is 0 Å². The Labute approximate surface area is 88.1 Å². The van der Waals surface area contributed by atoms with Gasteiger partial charge in [0.15, 0.2) is 0 Å². The molecule has 0 aromatic rings. The maximum atomic E-state index is 5.42. The lowest BCUT2D eigenvalue weighted by Gasteiger charge is -2.10. The molecule has 0 spiro atoms. The fourth-order valence-electron chi connectivity index (χ4n) is 0.920. The van der Waals surface area contributed by atoms with Crippen molar-refractivity contribution in [1.29, 1.82) is 0 Å². The highest BCUT2D eigenvalue weighted by Gasteiger charge is 1.91. The maximum absolute atomic E-state index is 5.42. The van der Waals surface area contributed by atoms with E-state index in [9.17, 15) is 0 Å². The Morgan fingerprint density at radius 3 is 2.57 bits per heavy atom. The van der Waals surface area contributed by atoms with E-state index >= 15 is 0 Å². The highest BCUT2D eigenvalue weighted by atomic mass is 16.5. The van der Waals surface area contributed by atoms with Crippen LogP contribution in [-0.2, 0) is 4.74 Å². The quantitative estimate of drug-likeness (QED) is 0.446. The van der Waals surface area contributed by atoms with E-state index in [1.165, 1.54) is 5.57 Å². The predicted molar refractivity (Wildman–Crippen MR) is 61.7 cm³/mol. The van der Waals surface area contributed by atoms with Gasteiger partial charge in [0.2, 0.25) is 0 Å². The molecule has 0 rings (SSSR count). The van der Waals surface area contributed by atoms with E-state index in [0.717, 1.165) is 39.3 Å². The Balaban J connectivity index is 2.96. The van der Waals surface area contributed by atoms with Crippen molar-refractivity contribution in [3.05, 3.63) is 12.2 Å². The van der Waals surface area contributed by atoms with Crippen LogP contribution >= 0.6 is 0 Å². The summed E-state index contributed by atoms with van der Waals surface area (Å²) in [6.45, 7) is 10.4. The Bertz CT molecular complexity index is 146. The Kier molecular flexibility index (Phi) is 8.94. The molecule has 0 bridgehead atoms. The largest absolute Gasteiger partial charge is 0.379 e. The standard InChI is InChI=1S/C11H24N2O/c1-11(2)5-6-12-7-9-14-10-8-13(3)4/h12H,1,5-10H2,2-4H3. The molecule has 1 N–H and O–H groups in total. The van der Waals surface area contributed by atoms with Gasteiger partial charge in [-0.3, -0.25) is 0 Å². The van der Waals surface area contributed by atoms with Crippen LogP contribution in [0.5, 0.6) is 0 Å². The van der Waals surface area contributed by atoms with Gasteiger partial charge in [-0.05, 0) is 34.0 Å². The lowest BCUT2D eigenvalue weighted by molar-refractivity contribution is 0.119. The highest BCUT2D eigenvalue weighted by Crippen LogP contribution is 1.91. The average molecular weight is 200 g/mol. The first-order valence-corrected chi connectivity index (χ1v) is 5.20. The van der Waals surface area contributed by atoms with E-state index in [4.69, 9.17) is 4.74 Å². The van der Waals surface area contributed by atoms with Gasteiger partial charge in [0.25, 0.3) is 0 Å². The molecule has 0 saturated carbocycles. The van der Waals surface area contributed by atoms with Crippen molar-refractivity contribution in [2.45, 2.75) is 13.3 Å². The summed E-state index contributed by atoms with van der Waals surface area (Å²) in [7, 11) is 4.10. The van der Waals surface area contributed by atoms with Crippen LogP contribution < -0.4 is 5.32 Å². The molecule has 0 unspecified atom stereocenters. The van der Waals surface area contributed by atoms with Crippen LogP contribution in [0.4, 0.5) is 0 Å². The molecule has 0 aliphatic carbocycles. The van der Waals surface area contributed by atoms with E-state index in [1.807, 2.05) is 0 Å². The zero-order valence-electron chi connectivity index (χ0n) is 9.81. The second-order valence-electron chi connectivity index (χ2n) is 3.87. The van der Waals surface area contributed by atoms with Crippen LogP contribution in [0, 0.1) is 0 Å². The van der Waals surface area contributed by atoms with Gasteiger partial charge in [0, 0.05) is 13.1 Å². The highest BCUT2D eigenvalue weighted by molar-refractivity contribution is 4.87. The molecular weight excluding hydrogens is 176 g/mol. The minimum Gasteiger partial charge on any atom is -0.379 e. The van der Waals surface area contributed by atoms with Crippen LogP contribution in [0.25, 0.3) is 0 Å². The predicted octanol–water partition coefficient (Wildman–Crippen LogP) is 1.12. The third-order valence-corrected chi connectivity index (χ3v) is 1.83. The average Bonchev–Trinajstić information content (AvgIpc) is 2.08. The Hall–Kier alpha value is -0.380. The van der Waals surface area contributed by atoms with E-state index in [1.54, 1.807) is 0 Å². The first kappa shape index (κ1) is 13.6. The zero-order valence-corrected chi connectivity index (χ0v) is 9.81. The molecule has 0 aliphatic heterocycles. The number of nitrogens with one attached hydrogen (secondary N) is 1. The van der Waals surface area contributed by atoms with Gasteiger partial charge in [-0.1, -0.05) is 5.57 Å². The van der Waals surface area contributed by atoms with Crippen LogP contribution in [-0.4, -0.2) is 51.8 Å². The first-order chi connectivity index (χ1) is 6.63. The molecule has 14 heavy (non-hydrogen) atoms. The van der Waals surface area contributed by atoms with E-state index in [0.29, 0.717) is 0 Å². The molecule has 0 aromatic carbocycles. The van der Waals surface area contributed by atoms with E-state index in [-0.39, 0.29) is 0 Å². The van der Waals surface area contributed by atoms with Gasteiger partial charge in [0.1, 0.15) is 0 Å². The third-order valence-electron chi connectivity index (χ3n) is 1.83. The molecule has 3 heteroatoms. The summed E-state index contributed by atoms with van der Waals surface area (Å²) < 4.78 is 5.42. The number of ether oxygens (including phenoxy) is 1. The van der Waals surface area contributed by atoms with Gasteiger partial charge >= 0.3 is 0 Å². The molecule has 0 radical (unpaired) electrons. The second-order valence-corrected chi connectivity index (χ2v) is 3.87. The Morgan fingerprint density at radius 2 is 2.00 bits per heavy atom. The third kappa shape index (κ3) is 11.6. The lowest BCUT2D eigenvalue weighted by Crippen LogP contribution is -2.23. The fraction of sp³-hybridized carbons (Fsp3) is 0.818. The number of nitrogens with zero attached hydrogens (tertiary/aromatic N) is 1. The first-order valence-electron chi connectivity index (χ1n) is 5.20. The number of hydrogen-bond acceptors (Lipinski definition) is 3. The molecule has 3 nitrogen and oxygen atoms in total. The summed E-state index contributed by atoms with van der Waals surface area (Å²) in [4.78, 5) is 2.12. The summed E-state index contributed by atoms with van der Waals surface area (Å²) in [5.41, 5.74) is 1.23. The van der Waals surface area contributed by atoms with Crippen molar-refractivity contribution in [3.8, 4) is 0 Å². The molecule has 0 aliphatic rings. The van der Waals surface area contributed by atoms with Crippen LogP contribution in [0.15, 0.2) is 12.2 Å². The number of hydrogen-bond donors (Lipinski definition) is 1. The minimum absolute atomic E-state index is 0.796. The molecule has 0 saturated heterocycles. The second kappa shape index (κ2) is 9.19. The number of rotatable bonds is 9. The molecule has 0 amide bonds. The van der Waals surface area contributed by atoms with Crippen molar-refractivity contribution < 1.29 is 4.74 Å². The summed E-state index contributed by atoms with van der Waals surface area (Å²) >= 11 is 0. The molecule has 0 fully saturated rings. The maximum Gasteiger partial charge on any atom is 0.0593 e. The fourth-order valence-corrected chi connectivity index (χ4v) is 0.920. The van der Waals surface area contributed by atoms with Gasteiger partial charge in [-0.25, -0.2) is 0 Å². The van der Waals surface area contributed by atoms with Gasteiger partial charge in [-0.15, -0.1) is 6.58 Å². The van der Waals surface area contributed by atoms with Crippen molar-refractivity contribution in [2.24, 2.45) is 0 Å². The van der Waals surface area contributed by atoms with E-state index < -0.39 is 0 Å². The molecule has 0 atom stereocenters. The van der Waals surface area contributed by atoms with Crippen LogP contribution in [0.3, 0.4) is 0 Å². The SMILES string of the molecule is C=C(C)CCNCCOCCN(C)C. The van der Waals surface area contributed by atoms with Crippen LogP contribution in [0.2, 0.25) is 0 Å². The zero-order chi connectivity index (χ0) is 10.8. The van der Waals surface area contributed by atoms with Crippen molar-refractivity contribution in [1.82, 2.24) is 10.2 Å². The minimum atomic E-state index is 0.796. The van der Waals surface area contributed by atoms with Crippen molar-refractivity contribution in [2.75, 3.05) is 46.9 Å². The summed E-state index contributed by atoms with van der Waals surface area (Å²) in [6, 6.07) is 0. The Morgan fingerprint density at radius 1 is 1.29 bits per heavy atom. The molecule has 84 valence electrons. The lowest BCUT2D eigenvalue weighted by atomic mass is 10.2. The van der Waals surface area contributed by atoms with Crippen LogP contribution in [0.1, 0.15) is 13.3 Å². The monoisotopic (exact) mass is 200 g/mol. The van der Waals surface area contributed by atoms with Crippen molar-refractivity contribution in [3.63, 3.8) is 0 Å².